The Balaban J connectivity index is 1.87. The number of carbonyl (C=O) groups is 2. The van der Waals surface area contributed by atoms with E-state index in [0.717, 1.165) is 28.0 Å². The summed E-state index contributed by atoms with van der Waals surface area (Å²) in [6.45, 7) is 5.15. The summed E-state index contributed by atoms with van der Waals surface area (Å²) in [5.41, 5.74) is 3.25. The molecule has 1 aromatic carbocycles. The standard InChI is InChI=1S/C20H19ClN2O6S2/c1-10-6-13(8-17(25)26)7-11(2)14(10)9-15(24)19-16(4-5-30-19)31(27,28)23-20-18(21)12(3)22-29-20/h4-7,23H,8-9H2,1-3H3,(H,25,26). The van der Waals surface area contributed by atoms with Gasteiger partial charge in [0, 0.05) is 6.42 Å². The summed E-state index contributed by atoms with van der Waals surface area (Å²) in [6.07, 6.45) is -0.130. The molecule has 11 heteroatoms. The van der Waals surface area contributed by atoms with Crippen molar-refractivity contribution < 1.29 is 27.6 Å². The zero-order valence-electron chi connectivity index (χ0n) is 16.9. The zero-order valence-corrected chi connectivity index (χ0v) is 19.2. The number of Topliss-reactive ketones (excluding diaryl/α,β-unsaturated/α-hetero) is 1. The topological polar surface area (TPSA) is 127 Å². The van der Waals surface area contributed by atoms with E-state index in [1.165, 1.54) is 11.4 Å². The Morgan fingerprint density at radius 1 is 1.19 bits per heavy atom. The molecule has 0 bridgehead atoms. The van der Waals surface area contributed by atoms with Gasteiger partial charge in [0.2, 0.25) is 0 Å². The van der Waals surface area contributed by atoms with Crippen molar-refractivity contribution in [2.75, 3.05) is 4.72 Å². The van der Waals surface area contributed by atoms with Gasteiger partial charge in [-0.15, -0.1) is 11.3 Å². The number of hydrogen-bond acceptors (Lipinski definition) is 7. The third-order valence-corrected chi connectivity index (χ3v) is 7.54. The fourth-order valence-corrected chi connectivity index (χ4v) is 5.75. The normalized spacial score (nSPS) is 11.5. The first-order chi connectivity index (χ1) is 14.5. The van der Waals surface area contributed by atoms with Gasteiger partial charge in [0.1, 0.15) is 15.6 Å². The summed E-state index contributed by atoms with van der Waals surface area (Å²) >= 11 is 7.00. The maximum Gasteiger partial charge on any atom is 0.307 e. The number of carbonyl (C=O) groups excluding carboxylic acids is 1. The molecule has 0 fully saturated rings. The van der Waals surface area contributed by atoms with Crippen molar-refractivity contribution in [1.82, 2.24) is 5.16 Å². The van der Waals surface area contributed by atoms with Crippen molar-refractivity contribution in [3.8, 4) is 0 Å². The highest BCUT2D eigenvalue weighted by Crippen LogP contribution is 2.31. The number of aromatic nitrogens is 1. The van der Waals surface area contributed by atoms with Gasteiger partial charge in [0.15, 0.2) is 5.78 Å². The third-order valence-electron chi connectivity index (χ3n) is 4.64. The van der Waals surface area contributed by atoms with Crippen LogP contribution in [0.3, 0.4) is 0 Å². The number of aliphatic carboxylic acids is 1. The van der Waals surface area contributed by atoms with Crippen LogP contribution in [0, 0.1) is 20.8 Å². The molecule has 0 saturated carbocycles. The lowest BCUT2D eigenvalue weighted by Crippen LogP contribution is -2.16. The molecule has 0 aliphatic rings. The number of halogens is 1. The molecule has 0 saturated heterocycles. The van der Waals surface area contributed by atoms with Gasteiger partial charge in [-0.05, 0) is 54.5 Å². The van der Waals surface area contributed by atoms with Crippen molar-refractivity contribution in [2.24, 2.45) is 0 Å². The molecule has 2 N–H and O–H groups in total. The van der Waals surface area contributed by atoms with Crippen molar-refractivity contribution in [3.05, 3.63) is 61.4 Å². The van der Waals surface area contributed by atoms with Crippen LogP contribution in [0.5, 0.6) is 0 Å². The molecular weight excluding hydrogens is 464 g/mol. The van der Waals surface area contributed by atoms with E-state index in [-0.39, 0.29) is 39.3 Å². The molecule has 0 amide bonds. The number of ketones is 1. The molecule has 2 heterocycles. The second-order valence-electron chi connectivity index (χ2n) is 7.01. The number of benzene rings is 1. The van der Waals surface area contributed by atoms with Crippen molar-refractivity contribution in [1.29, 1.82) is 0 Å². The second-order valence-corrected chi connectivity index (χ2v) is 9.95. The summed E-state index contributed by atoms with van der Waals surface area (Å²) in [5.74, 6) is -1.53. The first-order valence-electron chi connectivity index (χ1n) is 9.05. The molecule has 3 rings (SSSR count). The average Bonchev–Trinajstić information content (AvgIpc) is 3.27. The van der Waals surface area contributed by atoms with Gasteiger partial charge >= 0.3 is 5.97 Å². The van der Waals surface area contributed by atoms with Crippen LogP contribution in [0.15, 0.2) is 33.0 Å². The Morgan fingerprint density at radius 2 is 1.84 bits per heavy atom. The minimum atomic E-state index is -4.13. The number of carboxylic acids is 1. The van der Waals surface area contributed by atoms with Crippen molar-refractivity contribution in [2.45, 2.75) is 38.5 Å². The van der Waals surface area contributed by atoms with Crippen LogP contribution in [0.2, 0.25) is 5.02 Å². The predicted octanol–water partition coefficient (Wildman–Crippen LogP) is 4.17. The molecule has 0 radical (unpaired) electrons. The maximum absolute atomic E-state index is 13.0. The first kappa shape index (κ1) is 23.0. The van der Waals surface area contributed by atoms with Gasteiger partial charge < -0.3 is 9.63 Å². The lowest BCUT2D eigenvalue weighted by molar-refractivity contribution is -0.136. The number of nitrogens with one attached hydrogen (secondary N) is 1. The minimum absolute atomic E-state index is 0.0176. The SMILES string of the molecule is Cc1cc(CC(=O)O)cc(C)c1CC(=O)c1sccc1S(=O)(=O)Nc1onc(C)c1Cl. The van der Waals surface area contributed by atoms with E-state index in [0.29, 0.717) is 11.3 Å². The molecular formula is C20H19ClN2O6S2. The van der Waals surface area contributed by atoms with Crippen LogP contribution >= 0.6 is 22.9 Å². The highest BCUT2D eigenvalue weighted by atomic mass is 35.5. The van der Waals surface area contributed by atoms with Crippen LogP contribution in [-0.4, -0.2) is 30.4 Å². The van der Waals surface area contributed by atoms with E-state index >= 15 is 0 Å². The minimum Gasteiger partial charge on any atom is -0.481 e. The van der Waals surface area contributed by atoms with Crippen LogP contribution in [0.1, 0.15) is 37.6 Å². The molecule has 31 heavy (non-hydrogen) atoms. The molecule has 0 aliphatic carbocycles. The number of anilines is 1. The Hall–Kier alpha value is -2.69. The number of carboxylic acid groups (broad SMARTS) is 1. The van der Waals surface area contributed by atoms with Crippen LogP contribution in [-0.2, 0) is 27.7 Å². The van der Waals surface area contributed by atoms with E-state index in [2.05, 4.69) is 9.88 Å². The lowest BCUT2D eigenvalue weighted by atomic mass is 9.94. The Kier molecular flexibility index (Phi) is 6.54. The summed E-state index contributed by atoms with van der Waals surface area (Å²) in [4.78, 5) is 23.9. The van der Waals surface area contributed by atoms with Crippen molar-refractivity contribution >= 4 is 50.6 Å². The molecule has 3 aromatic rings. The fourth-order valence-electron chi connectivity index (χ4n) is 3.19. The Morgan fingerprint density at radius 3 is 2.39 bits per heavy atom. The van der Waals surface area contributed by atoms with E-state index in [1.807, 2.05) is 0 Å². The fraction of sp³-hybridized carbons (Fsp3) is 0.250. The monoisotopic (exact) mass is 482 g/mol. The van der Waals surface area contributed by atoms with E-state index < -0.39 is 16.0 Å². The molecule has 0 spiro atoms. The number of rotatable bonds is 8. The lowest BCUT2D eigenvalue weighted by Gasteiger charge is -2.12. The van der Waals surface area contributed by atoms with E-state index in [1.54, 1.807) is 32.9 Å². The smallest absolute Gasteiger partial charge is 0.307 e. The number of thiophene rings is 1. The summed E-state index contributed by atoms with van der Waals surface area (Å²) in [5, 5.41) is 14.1. The summed E-state index contributed by atoms with van der Waals surface area (Å²) < 4.78 is 32.8. The van der Waals surface area contributed by atoms with Gasteiger partial charge in [-0.25, -0.2) is 13.1 Å². The van der Waals surface area contributed by atoms with Crippen LogP contribution in [0.4, 0.5) is 5.88 Å². The van der Waals surface area contributed by atoms with Gasteiger partial charge in [0.25, 0.3) is 15.9 Å². The van der Waals surface area contributed by atoms with Gasteiger partial charge in [-0.1, -0.05) is 28.9 Å². The van der Waals surface area contributed by atoms with Crippen LogP contribution in [0.25, 0.3) is 0 Å². The largest absolute Gasteiger partial charge is 0.481 e. The number of hydrogen-bond donors (Lipinski definition) is 2. The average molecular weight is 483 g/mol. The molecule has 164 valence electrons. The first-order valence-corrected chi connectivity index (χ1v) is 11.8. The highest BCUT2D eigenvalue weighted by molar-refractivity contribution is 7.93. The highest BCUT2D eigenvalue weighted by Gasteiger charge is 2.27. The molecule has 0 unspecified atom stereocenters. The summed E-state index contributed by atoms with van der Waals surface area (Å²) in [6, 6.07) is 4.80. The van der Waals surface area contributed by atoms with Gasteiger partial charge in [0.05, 0.1) is 11.3 Å². The quantitative estimate of drug-likeness (QED) is 0.461. The van der Waals surface area contributed by atoms with E-state index in [9.17, 15) is 18.0 Å². The second kappa shape index (κ2) is 8.81. The molecule has 2 aromatic heterocycles. The van der Waals surface area contributed by atoms with Crippen molar-refractivity contribution in [3.63, 3.8) is 0 Å². The van der Waals surface area contributed by atoms with Crippen LogP contribution < -0.4 is 4.72 Å². The number of aryl methyl sites for hydroxylation is 3. The number of nitrogens with zero attached hydrogens (tertiary/aromatic N) is 1. The third kappa shape index (κ3) is 4.97. The maximum atomic E-state index is 13.0. The molecule has 0 aliphatic heterocycles. The van der Waals surface area contributed by atoms with Gasteiger partial charge in [-0.3, -0.25) is 9.59 Å². The zero-order chi connectivity index (χ0) is 22.9. The Bertz CT molecular complexity index is 1250. The molecule has 0 atom stereocenters. The summed E-state index contributed by atoms with van der Waals surface area (Å²) in [7, 11) is -4.13. The van der Waals surface area contributed by atoms with Gasteiger partial charge in [-0.2, -0.15) is 0 Å². The predicted molar refractivity (Wildman–Crippen MR) is 117 cm³/mol. The molecule has 8 nitrogen and oxygen atoms in total. The van der Waals surface area contributed by atoms with E-state index in [4.69, 9.17) is 21.2 Å². The Labute approximate surface area is 187 Å². The number of sulfonamides is 1.